The number of nitrogens with zero attached hydrogens (tertiary/aromatic N) is 1. The molecule has 1 aromatic carbocycles. The van der Waals surface area contributed by atoms with Crippen LogP contribution in [0.25, 0.3) is 0 Å². The Hall–Kier alpha value is -2.13. The molecule has 2 saturated heterocycles. The van der Waals surface area contributed by atoms with Crippen molar-refractivity contribution in [1.29, 1.82) is 0 Å². The van der Waals surface area contributed by atoms with Crippen LogP contribution in [0.3, 0.4) is 0 Å². The summed E-state index contributed by atoms with van der Waals surface area (Å²) in [5.41, 5.74) is 6.36. The highest BCUT2D eigenvalue weighted by molar-refractivity contribution is 5.90. The van der Waals surface area contributed by atoms with Gasteiger partial charge in [0.05, 0.1) is 6.61 Å². The van der Waals surface area contributed by atoms with E-state index in [4.69, 9.17) is 5.73 Å². The van der Waals surface area contributed by atoms with Gasteiger partial charge in [-0.3, -0.25) is 9.59 Å². The van der Waals surface area contributed by atoms with E-state index in [0.29, 0.717) is 18.9 Å². The van der Waals surface area contributed by atoms with Gasteiger partial charge in [-0.15, -0.1) is 0 Å². The predicted octanol–water partition coefficient (Wildman–Crippen LogP) is 1.63. The van der Waals surface area contributed by atoms with E-state index in [2.05, 4.69) is 5.32 Å². The Morgan fingerprint density at radius 3 is 2.26 bits per heavy atom. The number of hydrogen-bond donors (Lipinski definition) is 3. The first-order valence-corrected chi connectivity index (χ1v) is 10.9. The Bertz CT molecular complexity index is 850. The number of aliphatic hydroxyl groups is 1. The van der Waals surface area contributed by atoms with Crippen LogP contribution < -0.4 is 11.1 Å². The molecule has 2 heterocycles. The molecule has 2 aliphatic heterocycles. The molecule has 0 radical (unpaired) electrons. The summed E-state index contributed by atoms with van der Waals surface area (Å²) < 4.78 is 40.7. The van der Waals surface area contributed by atoms with E-state index in [1.54, 1.807) is 4.90 Å². The number of nitrogens with two attached hydrogens (primary N) is 1. The number of carbonyl (C=O) groups excluding carboxylic acids is 2. The van der Waals surface area contributed by atoms with Crippen LogP contribution in [0.4, 0.5) is 13.2 Å². The van der Waals surface area contributed by atoms with E-state index < -0.39 is 36.1 Å². The first kappa shape index (κ1) is 22.1. The number of benzene rings is 1. The number of amides is 2. The number of hydrogen-bond acceptors (Lipinski definition) is 4. The first-order valence-electron chi connectivity index (χ1n) is 10.9. The summed E-state index contributed by atoms with van der Waals surface area (Å²) in [6.45, 7) is -0.453. The van der Waals surface area contributed by atoms with Gasteiger partial charge in [0.2, 0.25) is 11.8 Å². The summed E-state index contributed by atoms with van der Waals surface area (Å²) in [7, 11) is 0. The molecule has 0 unspecified atom stereocenters. The van der Waals surface area contributed by atoms with Crippen LogP contribution in [0.2, 0.25) is 0 Å². The van der Waals surface area contributed by atoms with Gasteiger partial charge in [0.1, 0.15) is 11.9 Å². The van der Waals surface area contributed by atoms with Crippen molar-refractivity contribution >= 4 is 11.8 Å². The number of carbonyl (C=O) groups is 2. The second kappa shape index (κ2) is 8.78. The predicted molar refractivity (Wildman–Crippen MR) is 106 cm³/mol. The molecule has 4 N–H and O–H groups in total. The third kappa shape index (κ3) is 4.57. The van der Waals surface area contributed by atoms with Crippen molar-refractivity contribution in [3.05, 3.63) is 35.1 Å². The van der Waals surface area contributed by atoms with Crippen molar-refractivity contribution in [2.45, 2.75) is 69.1 Å². The van der Waals surface area contributed by atoms with Crippen LogP contribution in [0.15, 0.2) is 12.1 Å². The average Bonchev–Trinajstić information content (AvgIpc) is 3.55. The standard InChI is InChI=1S/C22H28F3N3O3/c23-16-9-18(25)17(24)7-12(16)8-19(26)13-5-14-3-4-15(6-13)28(14)22(31)20(10-29)27-21(30)11-1-2-11/h7,9,11,13-15,19-20,29H,1-6,8,10,26H2,(H,27,30)/t13-,14-,15+,19-,20+/m1/s1. The zero-order chi connectivity index (χ0) is 22.3. The fourth-order valence-corrected chi connectivity index (χ4v) is 5.07. The van der Waals surface area contributed by atoms with Crippen LogP contribution in [-0.2, 0) is 16.0 Å². The topological polar surface area (TPSA) is 95.7 Å². The lowest BCUT2D eigenvalue weighted by Crippen LogP contribution is -2.57. The van der Waals surface area contributed by atoms with Crippen molar-refractivity contribution in [3.63, 3.8) is 0 Å². The molecule has 170 valence electrons. The lowest BCUT2D eigenvalue weighted by Gasteiger charge is -2.42. The normalized spacial score (nSPS) is 27.1. The Labute approximate surface area is 179 Å². The smallest absolute Gasteiger partial charge is 0.248 e. The summed E-state index contributed by atoms with van der Waals surface area (Å²) in [6, 6.07) is -0.145. The molecule has 2 amide bonds. The van der Waals surface area contributed by atoms with E-state index in [1.807, 2.05) is 0 Å². The SMILES string of the molecule is N[C@H](Cc1cc(F)c(F)cc1F)[C@@H]1C[C@H]2CC[C@@H](C1)N2C(=O)[C@H](CO)NC(=O)C1CC1. The Balaban J connectivity index is 1.39. The third-order valence-electron chi connectivity index (χ3n) is 6.92. The fraction of sp³-hybridized carbons (Fsp3) is 0.636. The number of aliphatic hydroxyl groups excluding tert-OH is 1. The quantitative estimate of drug-likeness (QED) is 0.563. The minimum atomic E-state index is -1.23. The lowest BCUT2D eigenvalue weighted by atomic mass is 9.82. The van der Waals surface area contributed by atoms with Gasteiger partial charge < -0.3 is 21.1 Å². The second-order valence-electron chi connectivity index (χ2n) is 9.11. The van der Waals surface area contributed by atoms with Gasteiger partial charge in [-0.2, -0.15) is 0 Å². The van der Waals surface area contributed by atoms with Crippen LogP contribution in [0.1, 0.15) is 44.1 Å². The monoisotopic (exact) mass is 439 g/mol. The maximum Gasteiger partial charge on any atom is 0.248 e. The molecule has 3 fully saturated rings. The van der Waals surface area contributed by atoms with E-state index in [1.165, 1.54) is 0 Å². The van der Waals surface area contributed by atoms with Gasteiger partial charge in [-0.1, -0.05) is 0 Å². The molecule has 31 heavy (non-hydrogen) atoms. The average molecular weight is 439 g/mol. The van der Waals surface area contributed by atoms with Crippen LogP contribution in [0.5, 0.6) is 0 Å². The molecule has 2 bridgehead atoms. The van der Waals surface area contributed by atoms with Gasteiger partial charge in [-0.05, 0) is 62.5 Å². The molecule has 1 aliphatic carbocycles. The fourth-order valence-electron chi connectivity index (χ4n) is 5.07. The van der Waals surface area contributed by atoms with Gasteiger partial charge in [0.25, 0.3) is 0 Å². The molecule has 0 spiro atoms. The Morgan fingerprint density at radius 2 is 1.68 bits per heavy atom. The maximum absolute atomic E-state index is 14.0. The van der Waals surface area contributed by atoms with E-state index >= 15 is 0 Å². The molecule has 0 aromatic heterocycles. The van der Waals surface area contributed by atoms with Crippen molar-refractivity contribution in [2.75, 3.05) is 6.61 Å². The van der Waals surface area contributed by atoms with Crippen LogP contribution >= 0.6 is 0 Å². The van der Waals surface area contributed by atoms with E-state index in [0.717, 1.165) is 31.7 Å². The van der Waals surface area contributed by atoms with E-state index in [9.17, 15) is 27.9 Å². The van der Waals surface area contributed by atoms with Gasteiger partial charge in [0, 0.05) is 30.1 Å². The number of rotatable bonds is 7. The molecule has 3 aliphatic rings. The van der Waals surface area contributed by atoms with Crippen molar-refractivity contribution in [1.82, 2.24) is 10.2 Å². The highest BCUT2D eigenvalue weighted by atomic mass is 19.2. The second-order valence-corrected chi connectivity index (χ2v) is 9.11. The van der Waals surface area contributed by atoms with Gasteiger partial charge >= 0.3 is 0 Å². The molecular formula is C22H28F3N3O3. The molecule has 5 atom stereocenters. The highest BCUT2D eigenvalue weighted by Crippen LogP contribution is 2.40. The summed E-state index contributed by atoms with van der Waals surface area (Å²) in [4.78, 5) is 26.9. The van der Waals surface area contributed by atoms with Crippen LogP contribution in [-0.4, -0.2) is 52.6 Å². The van der Waals surface area contributed by atoms with Gasteiger partial charge in [0.15, 0.2) is 11.6 Å². The van der Waals surface area contributed by atoms with Crippen LogP contribution in [0, 0.1) is 29.3 Å². The molecule has 1 aromatic rings. The molecule has 1 saturated carbocycles. The number of nitrogens with one attached hydrogen (secondary N) is 1. The Morgan fingerprint density at radius 1 is 1.06 bits per heavy atom. The van der Waals surface area contributed by atoms with E-state index in [-0.39, 0.29) is 47.7 Å². The zero-order valence-corrected chi connectivity index (χ0v) is 17.2. The summed E-state index contributed by atoms with van der Waals surface area (Å²) in [5.74, 6) is -3.67. The van der Waals surface area contributed by atoms with Gasteiger partial charge in [-0.25, -0.2) is 13.2 Å². The molecule has 9 heteroatoms. The van der Waals surface area contributed by atoms with Crippen molar-refractivity contribution < 1.29 is 27.9 Å². The molecular weight excluding hydrogens is 411 g/mol. The third-order valence-corrected chi connectivity index (χ3v) is 6.92. The molecule has 6 nitrogen and oxygen atoms in total. The summed E-state index contributed by atoms with van der Waals surface area (Å²) in [5, 5.41) is 12.3. The number of fused-ring (bicyclic) bond motifs is 2. The minimum Gasteiger partial charge on any atom is -0.394 e. The van der Waals surface area contributed by atoms with Crippen molar-refractivity contribution in [2.24, 2.45) is 17.6 Å². The lowest BCUT2D eigenvalue weighted by molar-refractivity contribution is -0.142. The summed E-state index contributed by atoms with van der Waals surface area (Å²) in [6.07, 6.45) is 4.53. The minimum absolute atomic E-state index is 0.00250. The summed E-state index contributed by atoms with van der Waals surface area (Å²) >= 11 is 0. The number of halogens is 3. The van der Waals surface area contributed by atoms with Crippen molar-refractivity contribution in [3.8, 4) is 0 Å². The largest absolute Gasteiger partial charge is 0.394 e. The highest BCUT2D eigenvalue weighted by Gasteiger charge is 2.46. The Kier molecular flexibility index (Phi) is 6.25. The number of piperidine rings is 1. The maximum atomic E-state index is 14.0. The molecule has 4 rings (SSSR count). The first-order chi connectivity index (χ1) is 14.8. The zero-order valence-electron chi connectivity index (χ0n) is 17.2.